The molecule has 1 saturated carbocycles. The summed E-state index contributed by atoms with van der Waals surface area (Å²) in [5.41, 5.74) is 1.83. The van der Waals surface area contributed by atoms with Crippen molar-refractivity contribution in [1.29, 1.82) is 0 Å². The third-order valence-corrected chi connectivity index (χ3v) is 3.64. The minimum Gasteiger partial charge on any atom is -0.423 e. The van der Waals surface area contributed by atoms with Crippen molar-refractivity contribution in [3.8, 4) is 11.5 Å². The number of benzene rings is 1. The third-order valence-electron chi connectivity index (χ3n) is 3.64. The molecule has 1 amide bonds. The van der Waals surface area contributed by atoms with Gasteiger partial charge < -0.3 is 14.3 Å². The topological polar surface area (TPSA) is 73.0 Å². The van der Waals surface area contributed by atoms with Gasteiger partial charge in [-0.3, -0.25) is 4.79 Å². The van der Waals surface area contributed by atoms with Crippen LogP contribution in [0.3, 0.4) is 0 Å². The summed E-state index contributed by atoms with van der Waals surface area (Å²) in [6, 6.07) is 8.25. The standard InChI is InChI=1S/C15H14N4O2/c20-14(17-10-5-6-10)8-19-7-12(15-18-16-9-21-15)11-3-1-2-4-13(11)19/h1-4,7,9-10H,5-6,8H2,(H,17,20). The van der Waals surface area contributed by atoms with Crippen molar-refractivity contribution in [3.05, 3.63) is 36.9 Å². The maximum atomic E-state index is 12.0. The van der Waals surface area contributed by atoms with Crippen LogP contribution in [0, 0.1) is 0 Å². The van der Waals surface area contributed by atoms with Crippen molar-refractivity contribution in [2.45, 2.75) is 25.4 Å². The lowest BCUT2D eigenvalue weighted by atomic mass is 10.2. The van der Waals surface area contributed by atoms with E-state index in [2.05, 4.69) is 15.5 Å². The number of carbonyl (C=O) groups is 1. The highest BCUT2D eigenvalue weighted by Crippen LogP contribution is 2.29. The van der Waals surface area contributed by atoms with Crippen LogP contribution in [-0.4, -0.2) is 26.7 Å². The van der Waals surface area contributed by atoms with Crippen LogP contribution < -0.4 is 5.32 Å². The van der Waals surface area contributed by atoms with Crippen molar-refractivity contribution < 1.29 is 9.21 Å². The molecule has 0 aliphatic heterocycles. The van der Waals surface area contributed by atoms with Gasteiger partial charge in [-0.05, 0) is 18.9 Å². The van der Waals surface area contributed by atoms with Gasteiger partial charge in [-0.15, -0.1) is 10.2 Å². The molecule has 6 heteroatoms. The second kappa shape index (κ2) is 4.73. The van der Waals surface area contributed by atoms with Gasteiger partial charge in [-0.2, -0.15) is 0 Å². The van der Waals surface area contributed by atoms with Gasteiger partial charge in [0.25, 0.3) is 0 Å². The number of nitrogens with zero attached hydrogens (tertiary/aromatic N) is 3. The minimum absolute atomic E-state index is 0.0373. The summed E-state index contributed by atoms with van der Waals surface area (Å²) in [5, 5.41) is 11.7. The van der Waals surface area contributed by atoms with Crippen LogP contribution in [-0.2, 0) is 11.3 Å². The number of hydrogen-bond acceptors (Lipinski definition) is 4. The first-order valence-electron chi connectivity index (χ1n) is 6.95. The summed E-state index contributed by atoms with van der Waals surface area (Å²) in [6.07, 6.45) is 5.38. The Balaban J connectivity index is 1.73. The molecule has 0 atom stereocenters. The summed E-state index contributed by atoms with van der Waals surface area (Å²) >= 11 is 0. The summed E-state index contributed by atoms with van der Waals surface area (Å²) in [7, 11) is 0. The fourth-order valence-corrected chi connectivity index (χ4v) is 2.49. The lowest BCUT2D eigenvalue weighted by molar-refractivity contribution is -0.121. The maximum absolute atomic E-state index is 12.0. The molecule has 1 aliphatic rings. The first-order valence-corrected chi connectivity index (χ1v) is 6.95. The van der Waals surface area contributed by atoms with Crippen molar-refractivity contribution in [3.63, 3.8) is 0 Å². The number of amides is 1. The normalized spacial score (nSPS) is 14.5. The highest BCUT2D eigenvalue weighted by atomic mass is 16.4. The Bertz CT molecular complexity index is 787. The molecule has 0 unspecified atom stereocenters. The van der Waals surface area contributed by atoms with Gasteiger partial charge in [0.05, 0.1) is 5.56 Å². The zero-order chi connectivity index (χ0) is 14.2. The summed E-state index contributed by atoms with van der Waals surface area (Å²) in [5.74, 6) is 0.503. The average molecular weight is 282 g/mol. The zero-order valence-corrected chi connectivity index (χ0v) is 11.3. The van der Waals surface area contributed by atoms with Crippen molar-refractivity contribution in [2.75, 3.05) is 0 Å². The fraction of sp³-hybridized carbons (Fsp3) is 0.267. The van der Waals surface area contributed by atoms with Gasteiger partial charge in [0.15, 0.2) is 0 Å². The maximum Gasteiger partial charge on any atom is 0.249 e. The van der Waals surface area contributed by atoms with Gasteiger partial charge in [-0.25, -0.2) is 0 Å². The first-order chi connectivity index (χ1) is 10.3. The predicted octanol–water partition coefficient (Wildman–Crippen LogP) is 1.97. The molecule has 2 aromatic heterocycles. The van der Waals surface area contributed by atoms with Crippen LogP contribution in [0.1, 0.15) is 12.8 Å². The van der Waals surface area contributed by atoms with E-state index in [4.69, 9.17) is 4.42 Å². The van der Waals surface area contributed by atoms with Crippen LogP contribution in [0.5, 0.6) is 0 Å². The molecule has 0 radical (unpaired) electrons. The Labute approximate surface area is 120 Å². The van der Waals surface area contributed by atoms with Crippen LogP contribution in [0.2, 0.25) is 0 Å². The average Bonchev–Trinajstić information content (AvgIpc) is 3.02. The molecule has 21 heavy (non-hydrogen) atoms. The number of carbonyl (C=O) groups excluding carboxylic acids is 1. The van der Waals surface area contributed by atoms with E-state index in [0.717, 1.165) is 29.3 Å². The molecule has 6 nitrogen and oxygen atoms in total. The molecule has 1 N–H and O–H groups in total. The molecule has 1 fully saturated rings. The van der Waals surface area contributed by atoms with E-state index < -0.39 is 0 Å². The number of aromatic nitrogens is 3. The number of para-hydroxylation sites is 1. The molecule has 2 heterocycles. The van der Waals surface area contributed by atoms with Crippen LogP contribution in [0.25, 0.3) is 22.4 Å². The molecule has 0 bridgehead atoms. The molecular weight excluding hydrogens is 268 g/mol. The molecule has 0 spiro atoms. The molecule has 0 saturated heterocycles. The largest absolute Gasteiger partial charge is 0.423 e. The SMILES string of the molecule is O=C(Cn1cc(-c2nnco2)c2ccccc21)NC1CC1. The lowest BCUT2D eigenvalue weighted by Gasteiger charge is -2.05. The van der Waals surface area contributed by atoms with E-state index in [1.54, 1.807) is 0 Å². The Morgan fingerprint density at radius 1 is 1.38 bits per heavy atom. The summed E-state index contributed by atoms with van der Waals surface area (Å²) < 4.78 is 7.21. The van der Waals surface area contributed by atoms with Gasteiger partial charge in [0.1, 0.15) is 6.54 Å². The smallest absolute Gasteiger partial charge is 0.249 e. The highest BCUT2D eigenvalue weighted by molar-refractivity contribution is 5.94. The number of nitrogens with one attached hydrogen (secondary N) is 1. The molecule has 106 valence electrons. The van der Waals surface area contributed by atoms with Crippen LogP contribution in [0.15, 0.2) is 41.3 Å². The van der Waals surface area contributed by atoms with Crippen molar-refractivity contribution in [2.24, 2.45) is 0 Å². The monoisotopic (exact) mass is 282 g/mol. The van der Waals surface area contributed by atoms with Gasteiger partial charge >= 0.3 is 0 Å². The molecule has 1 aromatic carbocycles. The first kappa shape index (κ1) is 12.1. The molecular formula is C15H14N4O2. The van der Waals surface area contributed by atoms with E-state index in [9.17, 15) is 4.79 Å². The Morgan fingerprint density at radius 3 is 3.00 bits per heavy atom. The second-order valence-corrected chi connectivity index (χ2v) is 5.27. The van der Waals surface area contributed by atoms with Gasteiger partial charge in [0.2, 0.25) is 18.2 Å². The highest BCUT2D eigenvalue weighted by Gasteiger charge is 2.23. The summed E-state index contributed by atoms with van der Waals surface area (Å²) in [4.78, 5) is 12.0. The van der Waals surface area contributed by atoms with E-state index >= 15 is 0 Å². The summed E-state index contributed by atoms with van der Waals surface area (Å²) in [6.45, 7) is 0.297. The number of rotatable bonds is 4. The van der Waals surface area contributed by atoms with E-state index in [-0.39, 0.29) is 5.91 Å². The van der Waals surface area contributed by atoms with Crippen molar-refractivity contribution in [1.82, 2.24) is 20.1 Å². The second-order valence-electron chi connectivity index (χ2n) is 5.27. The zero-order valence-electron chi connectivity index (χ0n) is 11.3. The van der Waals surface area contributed by atoms with Gasteiger partial charge in [0, 0.05) is 23.1 Å². The van der Waals surface area contributed by atoms with E-state index in [1.165, 1.54) is 6.39 Å². The Kier molecular flexibility index (Phi) is 2.73. The van der Waals surface area contributed by atoms with Crippen LogP contribution in [0.4, 0.5) is 0 Å². The van der Waals surface area contributed by atoms with Crippen LogP contribution >= 0.6 is 0 Å². The predicted molar refractivity (Wildman–Crippen MR) is 76.4 cm³/mol. The quantitative estimate of drug-likeness (QED) is 0.794. The van der Waals surface area contributed by atoms with Gasteiger partial charge in [-0.1, -0.05) is 18.2 Å². The Hall–Kier alpha value is -2.63. The molecule has 1 aliphatic carbocycles. The Morgan fingerprint density at radius 2 is 2.24 bits per heavy atom. The van der Waals surface area contributed by atoms with Crippen molar-refractivity contribution >= 4 is 16.8 Å². The van der Waals surface area contributed by atoms with E-state index in [0.29, 0.717) is 18.5 Å². The third kappa shape index (κ3) is 2.29. The van der Waals surface area contributed by atoms with E-state index in [1.807, 2.05) is 35.0 Å². The molecule has 4 rings (SSSR count). The lowest BCUT2D eigenvalue weighted by Crippen LogP contribution is -2.29. The molecule has 3 aromatic rings. The number of hydrogen-bond donors (Lipinski definition) is 1. The minimum atomic E-state index is 0.0373. The number of fused-ring (bicyclic) bond motifs is 1. The fourth-order valence-electron chi connectivity index (χ4n) is 2.49.